The molecule has 1 atom stereocenters. The summed E-state index contributed by atoms with van der Waals surface area (Å²) in [5.74, 6) is -0.706. The smallest absolute Gasteiger partial charge is 0.328 e. The number of carbonyl (C=O) groups excluding carboxylic acids is 2. The number of ether oxygens (including phenoxy) is 1. The molecule has 0 aliphatic heterocycles. The highest BCUT2D eigenvalue weighted by Gasteiger charge is 2.17. The molecule has 0 aliphatic carbocycles. The minimum atomic E-state index is -0.672. The summed E-state index contributed by atoms with van der Waals surface area (Å²) in [5.41, 5.74) is 1.17. The lowest BCUT2D eigenvalue weighted by atomic mass is 10.1. The minimum absolute atomic E-state index is 0.308. The van der Waals surface area contributed by atoms with E-state index in [1.807, 2.05) is 0 Å². The standard InChI is InChI=1S/C21H32N2O3/c1-4-5-6-7-8-9-10-11-16-26-21(25)17(2)23-20(24)18-12-14-19(22-3)15-13-18/h12-15,17H,3-11,16H2,1-2H3,(H,23,24)/t17-/m0/s1. The maximum atomic E-state index is 12.1. The van der Waals surface area contributed by atoms with Crippen molar-refractivity contribution in [2.75, 3.05) is 6.61 Å². The maximum absolute atomic E-state index is 12.1. The van der Waals surface area contributed by atoms with Crippen molar-refractivity contribution >= 4 is 24.3 Å². The molecule has 0 aromatic heterocycles. The molecule has 1 aromatic carbocycles. The number of nitrogens with zero attached hydrogens (tertiary/aromatic N) is 1. The summed E-state index contributed by atoms with van der Waals surface area (Å²) < 4.78 is 5.25. The second-order valence-corrected chi connectivity index (χ2v) is 6.54. The van der Waals surface area contributed by atoms with Gasteiger partial charge in [0.15, 0.2) is 0 Å². The van der Waals surface area contributed by atoms with Gasteiger partial charge in [-0.1, -0.05) is 51.9 Å². The number of aliphatic imine (C=N–C) groups is 1. The molecule has 0 fully saturated rings. The molecule has 5 heteroatoms. The predicted octanol–water partition coefficient (Wildman–Crippen LogP) is 4.82. The average Bonchev–Trinajstić information content (AvgIpc) is 2.66. The van der Waals surface area contributed by atoms with Crippen LogP contribution in [0.2, 0.25) is 0 Å². The van der Waals surface area contributed by atoms with Crippen LogP contribution in [0, 0.1) is 0 Å². The number of nitrogens with one attached hydrogen (secondary N) is 1. The molecule has 26 heavy (non-hydrogen) atoms. The zero-order chi connectivity index (χ0) is 19.2. The van der Waals surface area contributed by atoms with Crippen LogP contribution in [-0.4, -0.2) is 31.2 Å². The van der Waals surface area contributed by atoms with Crippen LogP contribution < -0.4 is 5.32 Å². The van der Waals surface area contributed by atoms with Gasteiger partial charge in [0.2, 0.25) is 0 Å². The van der Waals surface area contributed by atoms with E-state index in [9.17, 15) is 9.59 Å². The molecule has 0 unspecified atom stereocenters. The summed E-state index contributed by atoms with van der Waals surface area (Å²) >= 11 is 0. The van der Waals surface area contributed by atoms with Gasteiger partial charge in [-0.3, -0.25) is 9.79 Å². The number of carbonyl (C=O) groups is 2. The molecular weight excluding hydrogens is 328 g/mol. The van der Waals surface area contributed by atoms with Gasteiger partial charge in [0, 0.05) is 5.56 Å². The molecular formula is C21H32N2O3. The number of hydrogen-bond donors (Lipinski definition) is 1. The fourth-order valence-corrected chi connectivity index (χ4v) is 2.59. The Morgan fingerprint density at radius 3 is 2.19 bits per heavy atom. The topological polar surface area (TPSA) is 67.8 Å². The van der Waals surface area contributed by atoms with Crippen LogP contribution in [0.3, 0.4) is 0 Å². The number of unbranched alkanes of at least 4 members (excludes halogenated alkanes) is 7. The SMILES string of the molecule is C=Nc1ccc(C(=O)N[C@@H](C)C(=O)OCCCCCCCCCC)cc1. The van der Waals surface area contributed by atoms with Crippen molar-refractivity contribution < 1.29 is 14.3 Å². The lowest BCUT2D eigenvalue weighted by molar-refractivity contribution is -0.145. The number of esters is 1. The van der Waals surface area contributed by atoms with Crippen molar-refractivity contribution in [1.82, 2.24) is 5.32 Å². The fourth-order valence-electron chi connectivity index (χ4n) is 2.59. The number of rotatable bonds is 13. The third kappa shape index (κ3) is 8.79. The number of hydrogen-bond acceptors (Lipinski definition) is 4. The van der Waals surface area contributed by atoms with Crippen molar-refractivity contribution in [3.8, 4) is 0 Å². The third-order valence-electron chi connectivity index (χ3n) is 4.26. The van der Waals surface area contributed by atoms with Crippen LogP contribution in [0.4, 0.5) is 5.69 Å². The van der Waals surface area contributed by atoms with E-state index in [1.165, 1.54) is 38.5 Å². The lowest BCUT2D eigenvalue weighted by Crippen LogP contribution is -2.39. The molecule has 0 spiro atoms. The molecule has 0 radical (unpaired) electrons. The van der Waals surface area contributed by atoms with Gasteiger partial charge in [-0.05, 0) is 44.3 Å². The van der Waals surface area contributed by atoms with Gasteiger partial charge < -0.3 is 10.1 Å². The molecule has 1 amide bonds. The van der Waals surface area contributed by atoms with Gasteiger partial charge in [-0.15, -0.1) is 0 Å². The van der Waals surface area contributed by atoms with E-state index in [0.717, 1.165) is 12.8 Å². The Balaban J connectivity index is 2.17. The van der Waals surface area contributed by atoms with Crippen molar-refractivity contribution in [3.63, 3.8) is 0 Å². The molecule has 0 saturated heterocycles. The van der Waals surface area contributed by atoms with Gasteiger partial charge >= 0.3 is 5.97 Å². The van der Waals surface area contributed by atoms with Crippen LogP contribution in [0.5, 0.6) is 0 Å². The third-order valence-corrected chi connectivity index (χ3v) is 4.26. The summed E-state index contributed by atoms with van der Waals surface area (Å²) in [5, 5.41) is 2.65. The normalized spacial score (nSPS) is 11.6. The summed E-state index contributed by atoms with van der Waals surface area (Å²) in [6.07, 6.45) is 9.57. The minimum Gasteiger partial charge on any atom is -0.464 e. The highest BCUT2D eigenvalue weighted by atomic mass is 16.5. The van der Waals surface area contributed by atoms with Crippen molar-refractivity contribution in [2.45, 2.75) is 71.3 Å². The van der Waals surface area contributed by atoms with Gasteiger partial charge in [0.1, 0.15) is 6.04 Å². The first-order chi connectivity index (χ1) is 12.6. The van der Waals surface area contributed by atoms with Crippen molar-refractivity contribution in [1.29, 1.82) is 0 Å². The fraction of sp³-hybridized carbons (Fsp3) is 0.571. The van der Waals surface area contributed by atoms with E-state index in [2.05, 4.69) is 24.0 Å². The Morgan fingerprint density at radius 1 is 1.04 bits per heavy atom. The average molecular weight is 360 g/mol. The second kappa shape index (κ2) is 13.1. The van der Waals surface area contributed by atoms with Crippen LogP contribution in [0.15, 0.2) is 29.3 Å². The molecule has 0 bridgehead atoms. The van der Waals surface area contributed by atoms with Gasteiger partial charge in [0.05, 0.1) is 12.3 Å². The van der Waals surface area contributed by atoms with E-state index in [1.54, 1.807) is 31.2 Å². The van der Waals surface area contributed by atoms with Gasteiger partial charge in [0.25, 0.3) is 5.91 Å². The molecule has 1 rings (SSSR count). The maximum Gasteiger partial charge on any atom is 0.328 e. The summed E-state index contributed by atoms with van der Waals surface area (Å²) in [4.78, 5) is 27.9. The van der Waals surface area contributed by atoms with Gasteiger partial charge in [-0.2, -0.15) is 0 Å². The van der Waals surface area contributed by atoms with Crippen molar-refractivity contribution in [2.24, 2.45) is 4.99 Å². The van der Waals surface area contributed by atoms with Crippen LogP contribution in [0.1, 0.15) is 75.6 Å². The Kier molecular flexibility index (Phi) is 11.0. The lowest BCUT2D eigenvalue weighted by Gasteiger charge is -2.13. The Labute approximate surface area is 157 Å². The number of benzene rings is 1. The van der Waals surface area contributed by atoms with E-state index >= 15 is 0 Å². The number of amides is 1. The molecule has 1 N–H and O–H groups in total. The highest BCUT2D eigenvalue weighted by molar-refractivity contribution is 5.96. The monoisotopic (exact) mass is 360 g/mol. The molecule has 0 heterocycles. The summed E-state index contributed by atoms with van der Waals surface area (Å²) in [7, 11) is 0. The van der Waals surface area contributed by atoms with Crippen LogP contribution >= 0.6 is 0 Å². The van der Waals surface area contributed by atoms with E-state index in [-0.39, 0.29) is 5.91 Å². The van der Waals surface area contributed by atoms with Crippen molar-refractivity contribution in [3.05, 3.63) is 29.8 Å². The molecule has 144 valence electrons. The van der Waals surface area contributed by atoms with Gasteiger partial charge in [-0.25, -0.2) is 4.79 Å². The van der Waals surface area contributed by atoms with Crippen LogP contribution in [-0.2, 0) is 9.53 Å². The first-order valence-corrected chi connectivity index (χ1v) is 9.62. The zero-order valence-corrected chi connectivity index (χ0v) is 16.1. The predicted molar refractivity (Wildman–Crippen MR) is 106 cm³/mol. The quantitative estimate of drug-likeness (QED) is 0.311. The van der Waals surface area contributed by atoms with E-state index < -0.39 is 12.0 Å². The van der Waals surface area contributed by atoms with E-state index in [4.69, 9.17) is 4.74 Å². The molecule has 1 aromatic rings. The second-order valence-electron chi connectivity index (χ2n) is 6.54. The Hall–Kier alpha value is -2.17. The molecule has 0 saturated carbocycles. The molecule has 0 aliphatic rings. The Bertz CT molecular complexity index is 555. The molecule has 5 nitrogen and oxygen atoms in total. The highest BCUT2D eigenvalue weighted by Crippen LogP contribution is 2.12. The summed E-state index contributed by atoms with van der Waals surface area (Å²) in [6, 6.07) is 6.03. The zero-order valence-electron chi connectivity index (χ0n) is 16.1. The van der Waals surface area contributed by atoms with Crippen LogP contribution in [0.25, 0.3) is 0 Å². The Morgan fingerprint density at radius 2 is 1.62 bits per heavy atom. The first kappa shape index (κ1) is 21.9. The largest absolute Gasteiger partial charge is 0.464 e. The summed E-state index contributed by atoms with van der Waals surface area (Å²) in [6.45, 7) is 7.69. The first-order valence-electron chi connectivity index (χ1n) is 9.62. The van der Waals surface area contributed by atoms with E-state index in [0.29, 0.717) is 17.9 Å².